The van der Waals surface area contributed by atoms with Crippen LogP contribution in [-0.4, -0.2) is 29.8 Å². The van der Waals surface area contributed by atoms with Crippen LogP contribution in [0.25, 0.3) is 0 Å². The van der Waals surface area contributed by atoms with Crippen LogP contribution in [0.3, 0.4) is 0 Å². The number of nitrogens with one attached hydrogen (secondary N) is 1. The number of carbonyl (C=O) groups is 2. The molecule has 0 radical (unpaired) electrons. The number of aliphatic carboxylic acids is 1. The monoisotopic (exact) mass is 341 g/mol. The molecule has 0 aliphatic carbocycles. The second-order valence-corrected chi connectivity index (χ2v) is 5.07. The van der Waals surface area contributed by atoms with Crippen molar-refractivity contribution in [2.75, 3.05) is 6.61 Å². The van der Waals surface area contributed by atoms with Crippen molar-refractivity contribution in [2.45, 2.75) is 18.9 Å². The molecule has 0 bridgehead atoms. The fourth-order valence-corrected chi connectivity index (χ4v) is 1.90. The minimum absolute atomic E-state index is 0.0872. The molecule has 6 heteroatoms. The third kappa shape index (κ3) is 6.38. The highest BCUT2D eigenvalue weighted by atomic mass is 79.9. The number of alkyl carbamates (subject to hydrolysis) is 1. The van der Waals surface area contributed by atoms with Gasteiger partial charge in [0.25, 0.3) is 0 Å². The SMILES string of the molecule is C=CCOC(=O)N[C@@H](CC(=O)O)Cc1ccc(Br)cc1. The number of benzene rings is 1. The number of halogens is 1. The predicted octanol–water partition coefficient (Wildman–Crippen LogP) is 2.75. The Morgan fingerprint density at radius 2 is 2.05 bits per heavy atom. The summed E-state index contributed by atoms with van der Waals surface area (Å²) < 4.78 is 5.73. The second-order valence-electron chi connectivity index (χ2n) is 4.16. The Balaban J connectivity index is 2.63. The molecule has 1 amide bonds. The second kappa shape index (κ2) is 8.37. The van der Waals surface area contributed by atoms with Gasteiger partial charge in [-0.05, 0) is 24.1 Å². The van der Waals surface area contributed by atoms with Gasteiger partial charge in [0.05, 0.1) is 6.42 Å². The van der Waals surface area contributed by atoms with E-state index in [0.717, 1.165) is 10.0 Å². The van der Waals surface area contributed by atoms with E-state index >= 15 is 0 Å². The van der Waals surface area contributed by atoms with Gasteiger partial charge >= 0.3 is 12.1 Å². The molecule has 0 unspecified atom stereocenters. The van der Waals surface area contributed by atoms with Crippen LogP contribution in [0.4, 0.5) is 4.79 Å². The molecule has 0 aliphatic rings. The Labute approximate surface area is 125 Å². The molecule has 0 spiro atoms. The smallest absolute Gasteiger partial charge is 0.407 e. The third-order valence-corrected chi connectivity index (χ3v) is 3.00. The average molecular weight is 342 g/mol. The van der Waals surface area contributed by atoms with Crippen LogP contribution >= 0.6 is 15.9 Å². The maximum absolute atomic E-state index is 11.5. The topological polar surface area (TPSA) is 75.6 Å². The van der Waals surface area contributed by atoms with E-state index in [1.807, 2.05) is 24.3 Å². The fourth-order valence-electron chi connectivity index (χ4n) is 1.63. The fraction of sp³-hybridized carbons (Fsp3) is 0.286. The van der Waals surface area contributed by atoms with Gasteiger partial charge in [0, 0.05) is 10.5 Å². The molecule has 108 valence electrons. The maximum Gasteiger partial charge on any atom is 0.407 e. The summed E-state index contributed by atoms with van der Waals surface area (Å²) in [7, 11) is 0. The number of carboxylic acid groups (broad SMARTS) is 1. The van der Waals surface area contributed by atoms with Crippen LogP contribution in [0.5, 0.6) is 0 Å². The van der Waals surface area contributed by atoms with E-state index in [2.05, 4.69) is 27.8 Å². The molecular weight excluding hydrogens is 326 g/mol. The zero-order valence-electron chi connectivity index (χ0n) is 10.8. The Morgan fingerprint density at radius 1 is 1.40 bits per heavy atom. The van der Waals surface area contributed by atoms with Crippen molar-refractivity contribution in [1.29, 1.82) is 0 Å². The lowest BCUT2D eigenvalue weighted by Gasteiger charge is -2.16. The lowest BCUT2D eigenvalue weighted by atomic mass is 10.0. The molecule has 1 aromatic rings. The first-order valence-corrected chi connectivity index (χ1v) is 6.81. The molecule has 0 heterocycles. The van der Waals surface area contributed by atoms with Crippen molar-refractivity contribution in [2.24, 2.45) is 0 Å². The van der Waals surface area contributed by atoms with Gasteiger partial charge < -0.3 is 15.2 Å². The number of rotatable bonds is 7. The lowest BCUT2D eigenvalue weighted by molar-refractivity contribution is -0.137. The molecule has 1 atom stereocenters. The highest BCUT2D eigenvalue weighted by molar-refractivity contribution is 9.10. The Morgan fingerprint density at radius 3 is 2.60 bits per heavy atom. The van der Waals surface area contributed by atoms with E-state index in [1.54, 1.807) is 0 Å². The van der Waals surface area contributed by atoms with Crippen LogP contribution in [0, 0.1) is 0 Å². The standard InChI is InChI=1S/C14H16BrNO4/c1-2-7-20-14(19)16-12(9-13(17)18)8-10-3-5-11(15)6-4-10/h2-6,12H,1,7-9H2,(H,16,19)(H,17,18)/t12-/m1/s1. The van der Waals surface area contributed by atoms with E-state index < -0.39 is 18.1 Å². The van der Waals surface area contributed by atoms with Gasteiger partial charge in [0.15, 0.2) is 0 Å². The molecule has 0 saturated heterocycles. The summed E-state index contributed by atoms with van der Waals surface area (Å²) in [5, 5.41) is 11.4. The minimum Gasteiger partial charge on any atom is -0.481 e. The summed E-state index contributed by atoms with van der Waals surface area (Å²) in [6.07, 6.45) is 1.05. The summed E-state index contributed by atoms with van der Waals surface area (Å²) >= 11 is 3.33. The highest BCUT2D eigenvalue weighted by Crippen LogP contribution is 2.13. The molecular formula is C14H16BrNO4. The van der Waals surface area contributed by atoms with Gasteiger partial charge in [0.2, 0.25) is 0 Å². The minimum atomic E-state index is -0.976. The van der Waals surface area contributed by atoms with Crippen molar-refractivity contribution < 1.29 is 19.4 Å². The first-order chi connectivity index (χ1) is 9.51. The van der Waals surface area contributed by atoms with Crippen molar-refractivity contribution >= 4 is 28.0 Å². The van der Waals surface area contributed by atoms with Crippen LogP contribution in [0.2, 0.25) is 0 Å². The van der Waals surface area contributed by atoms with Crippen molar-refractivity contribution in [3.05, 3.63) is 47.0 Å². The molecule has 0 aromatic heterocycles. The number of hydrogen-bond donors (Lipinski definition) is 2. The van der Waals surface area contributed by atoms with Gasteiger partial charge in [-0.3, -0.25) is 4.79 Å². The number of carboxylic acids is 1. The zero-order chi connectivity index (χ0) is 15.0. The Kier molecular flexibility index (Phi) is 6.79. The quantitative estimate of drug-likeness (QED) is 0.747. The lowest BCUT2D eigenvalue weighted by Crippen LogP contribution is -2.38. The Hall–Kier alpha value is -1.82. The van der Waals surface area contributed by atoms with E-state index in [9.17, 15) is 9.59 Å². The number of carbonyl (C=O) groups excluding carboxylic acids is 1. The molecule has 5 nitrogen and oxygen atoms in total. The van der Waals surface area contributed by atoms with E-state index in [0.29, 0.717) is 6.42 Å². The van der Waals surface area contributed by atoms with Crippen LogP contribution in [0.15, 0.2) is 41.4 Å². The van der Waals surface area contributed by atoms with Gasteiger partial charge in [-0.1, -0.05) is 40.7 Å². The van der Waals surface area contributed by atoms with Crippen LogP contribution < -0.4 is 5.32 Å². The average Bonchev–Trinajstić information content (AvgIpc) is 2.38. The predicted molar refractivity (Wildman–Crippen MR) is 78.6 cm³/mol. The largest absolute Gasteiger partial charge is 0.481 e. The summed E-state index contributed by atoms with van der Waals surface area (Å²) in [5.74, 6) is -0.976. The number of hydrogen-bond acceptors (Lipinski definition) is 3. The normalized spacial score (nSPS) is 11.4. The van der Waals surface area contributed by atoms with Crippen LogP contribution in [-0.2, 0) is 16.0 Å². The molecule has 0 fully saturated rings. The summed E-state index contributed by atoms with van der Waals surface area (Å²) in [5.41, 5.74) is 0.934. The van der Waals surface area contributed by atoms with Crippen LogP contribution in [0.1, 0.15) is 12.0 Å². The van der Waals surface area contributed by atoms with Crippen molar-refractivity contribution in [1.82, 2.24) is 5.32 Å². The molecule has 1 aromatic carbocycles. The van der Waals surface area contributed by atoms with Gasteiger partial charge in [-0.2, -0.15) is 0 Å². The van der Waals surface area contributed by atoms with E-state index in [-0.39, 0.29) is 13.0 Å². The molecule has 2 N–H and O–H groups in total. The Bertz CT molecular complexity index is 473. The summed E-state index contributed by atoms with van der Waals surface area (Å²) in [6.45, 7) is 3.52. The molecule has 1 rings (SSSR count). The van der Waals surface area contributed by atoms with E-state index in [1.165, 1.54) is 6.08 Å². The number of amides is 1. The zero-order valence-corrected chi connectivity index (χ0v) is 12.4. The summed E-state index contributed by atoms with van der Waals surface area (Å²) in [4.78, 5) is 22.3. The first kappa shape index (κ1) is 16.2. The van der Waals surface area contributed by atoms with E-state index in [4.69, 9.17) is 9.84 Å². The molecule has 20 heavy (non-hydrogen) atoms. The maximum atomic E-state index is 11.5. The first-order valence-electron chi connectivity index (χ1n) is 6.01. The highest BCUT2D eigenvalue weighted by Gasteiger charge is 2.17. The van der Waals surface area contributed by atoms with Crippen molar-refractivity contribution in [3.63, 3.8) is 0 Å². The molecule has 0 aliphatic heterocycles. The summed E-state index contributed by atoms with van der Waals surface area (Å²) in [6, 6.07) is 6.95. The van der Waals surface area contributed by atoms with Gasteiger partial charge in [0.1, 0.15) is 6.61 Å². The van der Waals surface area contributed by atoms with Gasteiger partial charge in [-0.25, -0.2) is 4.79 Å². The van der Waals surface area contributed by atoms with Crippen molar-refractivity contribution in [3.8, 4) is 0 Å². The van der Waals surface area contributed by atoms with Gasteiger partial charge in [-0.15, -0.1) is 0 Å². The number of ether oxygens (including phenoxy) is 1. The third-order valence-electron chi connectivity index (χ3n) is 2.47. The molecule has 0 saturated carbocycles.